The monoisotopic (exact) mass is 355 g/mol. The smallest absolute Gasteiger partial charge is 0.282 e. The molecular weight excluding hydrogens is 326 g/mol. The molecule has 2 aliphatic heterocycles. The predicted octanol–water partition coefficient (Wildman–Crippen LogP) is 1.26. The molecule has 0 aliphatic carbocycles. The second kappa shape index (κ2) is 7.51. The van der Waals surface area contributed by atoms with E-state index in [1.165, 1.54) is 5.56 Å². The molecule has 2 fully saturated rings. The van der Waals surface area contributed by atoms with Crippen molar-refractivity contribution in [2.45, 2.75) is 46.1 Å². The van der Waals surface area contributed by atoms with E-state index in [1.54, 1.807) is 8.61 Å². The summed E-state index contributed by atoms with van der Waals surface area (Å²) < 4.78 is 29.1. The summed E-state index contributed by atoms with van der Waals surface area (Å²) in [6, 6.07) is 0. The fraction of sp³-hybridized carbons (Fsp3) is 0.812. The minimum atomic E-state index is -3.29. The van der Waals surface area contributed by atoms with Crippen LogP contribution in [0.1, 0.15) is 42.6 Å². The molecular formula is C16H29N5O2S. The summed E-state index contributed by atoms with van der Waals surface area (Å²) in [6.45, 7) is 9.16. The Morgan fingerprint density at radius 3 is 2.25 bits per heavy atom. The van der Waals surface area contributed by atoms with E-state index in [0.717, 1.165) is 56.7 Å². The van der Waals surface area contributed by atoms with Crippen LogP contribution in [0.4, 0.5) is 0 Å². The van der Waals surface area contributed by atoms with Crippen LogP contribution in [0.2, 0.25) is 0 Å². The number of rotatable bonds is 4. The molecule has 2 aliphatic rings. The van der Waals surface area contributed by atoms with Gasteiger partial charge in [0.05, 0.1) is 5.69 Å². The van der Waals surface area contributed by atoms with E-state index in [4.69, 9.17) is 0 Å². The van der Waals surface area contributed by atoms with Crippen LogP contribution in [-0.2, 0) is 16.8 Å². The van der Waals surface area contributed by atoms with Gasteiger partial charge in [-0.05, 0) is 39.7 Å². The lowest BCUT2D eigenvalue weighted by Crippen LogP contribution is -2.47. The Hall–Kier alpha value is -0.960. The maximum atomic E-state index is 12.8. The fourth-order valence-electron chi connectivity index (χ4n) is 3.63. The molecule has 0 unspecified atom stereocenters. The largest absolute Gasteiger partial charge is 0.298 e. The van der Waals surface area contributed by atoms with Crippen molar-refractivity contribution in [3.05, 3.63) is 17.0 Å². The molecule has 0 saturated carbocycles. The van der Waals surface area contributed by atoms with E-state index >= 15 is 0 Å². The van der Waals surface area contributed by atoms with E-state index < -0.39 is 10.2 Å². The van der Waals surface area contributed by atoms with Crippen LogP contribution in [0.3, 0.4) is 0 Å². The highest BCUT2D eigenvalue weighted by molar-refractivity contribution is 7.86. The van der Waals surface area contributed by atoms with E-state index in [0.29, 0.717) is 26.2 Å². The first-order chi connectivity index (χ1) is 11.5. The number of nitrogens with zero attached hydrogens (tertiary/aromatic N) is 4. The summed E-state index contributed by atoms with van der Waals surface area (Å²) in [7, 11) is -3.29. The fourth-order valence-corrected chi connectivity index (χ4v) is 5.34. The zero-order valence-corrected chi connectivity index (χ0v) is 15.6. The van der Waals surface area contributed by atoms with Crippen LogP contribution >= 0.6 is 0 Å². The molecule has 7 nitrogen and oxygen atoms in total. The van der Waals surface area contributed by atoms with Gasteiger partial charge in [0.1, 0.15) is 0 Å². The minimum Gasteiger partial charge on any atom is -0.298 e. The Morgan fingerprint density at radius 2 is 1.58 bits per heavy atom. The van der Waals surface area contributed by atoms with Gasteiger partial charge in [-0.25, -0.2) is 0 Å². The third-order valence-electron chi connectivity index (χ3n) is 5.18. The second-order valence-electron chi connectivity index (χ2n) is 6.91. The summed E-state index contributed by atoms with van der Waals surface area (Å²) in [4.78, 5) is 2.34. The molecule has 8 heteroatoms. The molecule has 1 aromatic heterocycles. The Morgan fingerprint density at radius 1 is 0.917 bits per heavy atom. The number of piperidine rings is 1. The molecule has 3 heterocycles. The zero-order chi connectivity index (χ0) is 17.2. The molecule has 2 saturated heterocycles. The Labute approximate surface area is 145 Å². The van der Waals surface area contributed by atoms with Crippen LogP contribution in [0, 0.1) is 13.8 Å². The highest BCUT2D eigenvalue weighted by Crippen LogP contribution is 2.19. The molecule has 0 radical (unpaired) electrons. The van der Waals surface area contributed by atoms with Crippen LogP contribution in [0.5, 0.6) is 0 Å². The molecule has 0 aromatic carbocycles. The molecule has 1 N–H and O–H groups in total. The third kappa shape index (κ3) is 3.82. The Bertz CT molecular complexity index is 632. The van der Waals surface area contributed by atoms with E-state index in [9.17, 15) is 8.42 Å². The van der Waals surface area contributed by atoms with Gasteiger partial charge in [-0.1, -0.05) is 6.42 Å². The van der Waals surface area contributed by atoms with Crippen molar-refractivity contribution in [1.82, 2.24) is 23.7 Å². The highest BCUT2D eigenvalue weighted by atomic mass is 32.2. The van der Waals surface area contributed by atoms with Crippen molar-refractivity contribution in [1.29, 1.82) is 0 Å². The molecule has 3 rings (SSSR count). The zero-order valence-electron chi connectivity index (χ0n) is 14.8. The predicted molar refractivity (Wildman–Crippen MR) is 93.9 cm³/mol. The average Bonchev–Trinajstić information content (AvgIpc) is 2.79. The van der Waals surface area contributed by atoms with Gasteiger partial charge in [0, 0.05) is 50.5 Å². The van der Waals surface area contributed by atoms with Gasteiger partial charge in [0.25, 0.3) is 10.2 Å². The number of nitrogens with one attached hydrogen (secondary N) is 1. The summed E-state index contributed by atoms with van der Waals surface area (Å²) >= 11 is 0. The van der Waals surface area contributed by atoms with Crippen molar-refractivity contribution in [2.75, 3.05) is 39.3 Å². The van der Waals surface area contributed by atoms with Crippen LogP contribution in [-0.4, -0.2) is 71.4 Å². The molecule has 1 aromatic rings. The molecule has 136 valence electrons. The van der Waals surface area contributed by atoms with Crippen LogP contribution in [0.15, 0.2) is 0 Å². The minimum absolute atomic E-state index is 0.578. The van der Waals surface area contributed by atoms with Gasteiger partial charge in [-0.3, -0.25) is 10.00 Å². The lowest BCUT2D eigenvalue weighted by molar-refractivity contribution is 0.271. The van der Waals surface area contributed by atoms with Crippen molar-refractivity contribution in [3.63, 3.8) is 0 Å². The van der Waals surface area contributed by atoms with Crippen molar-refractivity contribution >= 4 is 10.2 Å². The standard InChI is InChI=1S/C16H29N5O2S/c1-14-16(15(2)18-17-14)13-19-7-6-10-21(12-11-19)24(22,23)20-8-4-3-5-9-20/h3-13H2,1-2H3,(H,17,18). The van der Waals surface area contributed by atoms with E-state index in [1.807, 2.05) is 13.8 Å². The lowest BCUT2D eigenvalue weighted by Gasteiger charge is -2.31. The molecule has 0 spiro atoms. The van der Waals surface area contributed by atoms with Crippen LogP contribution < -0.4 is 0 Å². The first kappa shape index (κ1) is 17.8. The summed E-state index contributed by atoms with van der Waals surface area (Å²) in [5, 5.41) is 7.28. The van der Waals surface area contributed by atoms with Crippen LogP contribution in [0.25, 0.3) is 0 Å². The highest BCUT2D eigenvalue weighted by Gasteiger charge is 2.31. The average molecular weight is 356 g/mol. The molecule has 0 amide bonds. The van der Waals surface area contributed by atoms with E-state index in [2.05, 4.69) is 15.1 Å². The number of hydrogen-bond donors (Lipinski definition) is 1. The number of aromatic amines is 1. The molecule has 0 bridgehead atoms. The summed E-state index contributed by atoms with van der Waals surface area (Å²) in [5.41, 5.74) is 3.38. The molecule has 24 heavy (non-hydrogen) atoms. The van der Waals surface area contributed by atoms with Gasteiger partial charge in [0.2, 0.25) is 0 Å². The van der Waals surface area contributed by atoms with Crippen molar-refractivity contribution in [3.8, 4) is 0 Å². The SMILES string of the molecule is Cc1n[nH]c(C)c1CN1CCCN(S(=O)(=O)N2CCCCC2)CC1. The number of hydrogen-bond acceptors (Lipinski definition) is 4. The number of aromatic nitrogens is 2. The molecule has 0 atom stereocenters. The van der Waals surface area contributed by atoms with Gasteiger partial charge in [0.15, 0.2) is 0 Å². The van der Waals surface area contributed by atoms with Gasteiger partial charge >= 0.3 is 0 Å². The van der Waals surface area contributed by atoms with Crippen molar-refractivity contribution in [2.24, 2.45) is 0 Å². The first-order valence-corrected chi connectivity index (χ1v) is 10.4. The summed E-state index contributed by atoms with van der Waals surface area (Å²) in [6.07, 6.45) is 3.99. The van der Waals surface area contributed by atoms with Gasteiger partial charge in [-0.15, -0.1) is 0 Å². The van der Waals surface area contributed by atoms with Gasteiger partial charge in [-0.2, -0.15) is 22.1 Å². The maximum absolute atomic E-state index is 12.8. The maximum Gasteiger partial charge on any atom is 0.282 e. The normalized spacial score (nSPS) is 22.6. The topological polar surface area (TPSA) is 72.5 Å². The lowest BCUT2D eigenvalue weighted by atomic mass is 10.2. The van der Waals surface area contributed by atoms with Crippen molar-refractivity contribution < 1.29 is 8.42 Å². The van der Waals surface area contributed by atoms with E-state index in [-0.39, 0.29) is 0 Å². The third-order valence-corrected chi connectivity index (χ3v) is 7.21. The number of H-pyrrole nitrogens is 1. The Kier molecular flexibility index (Phi) is 5.59. The number of aryl methyl sites for hydroxylation is 2. The Balaban J connectivity index is 1.62. The second-order valence-corrected chi connectivity index (χ2v) is 8.84. The van der Waals surface area contributed by atoms with Gasteiger partial charge < -0.3 is 0 Å². The quantitative estimate of drug-likeness (QED) is 0.883. The first-order valence-electron chi connectivity index (χ1n) is 8.96. The summed E-state index contributed by atoms with van der Waals surface area (Å²) in [5.74, 6) is 0.